The number of likely N-dealkylation sites (tertiary alicyclic amines) is 1. The molecular formula is C15H16N2O3S. The molecule has 0 saturated carbocycles. The second-order valence-corrected chi connectivity index (χ2v) is 6.70. The van der Waals surface area contributed by atoms with E-state index in [0.717, 1.165) is 4.70 Å². The molecule has 5 nitrogen and oxygen atoms in total. The molecule has 0 radical (unpaired) electrons. The molecule has 21 heavy (non-hydrogen) atoms. The molecule has 1 aliphatic heterocycles. The summed E-state index contributed by atoms with van der Waals surface area (Å²) in [6.07, 6.45) is 0. The van der Waals surface area contributed by atoms with Crippen LogP contribution in [0.25, 0.3) is 10.2 Å². The normalized spacial score (nSPS) is 25.4. The number of hydrogen-bond acceptors (Lipinski definition) is 4. The van der Waals surface area contributed by atoms with Crippen LogP contribution in [0.3, 0.4) is 0 Å². The third-order valence-corrected chi connectivity index (χ3v) is 5.26. The Bertz CT molecular complexity index is 727. The first-order valence-electron chi connectivity index (χ1n) is 6.78. The van der Waals surface area contributed by atoms with Gasteiger partial charge in [-0.25, -0.2) is 4.98 Å². The van der Waals surface area contributed by atoms with E-state index in [9.17, 15) is 14.7 Å². The fraction of sp³-hybridized carbons (Fsp3) is 0.400. The maximum atomic E-state index is 12.7. The summed E-state index contributed by atoms with van der Waals surface area (Å²) in [6, 6.07) is 5.52. The molecule has 2 atom stereocenters. The van der Waals surface area contributed by atoms with E-state index in [4.69, 9.17) is 0 Å². The maximum Gasteiger partial charge on any atom is 0.311 e. The first-order chi connectivity index (χ1) is 9.93. The standard InChI is InChI=1S/C15H16N2O3S/c1-9-6-17(7-15(9,2)14(19)20)13(18)10-4-3-5-11-12(10)16-8-21-11/h3-5,8-9H,6-7H2,1-2H3,(H,19,20)/t9-,15-/m1/s1. The molecule has 3 rings (SSSR count). The van der Waals surface area contributed by atoms with Crippen molar-refractivity contribution < 1.29 is 14.7 Å². The predicted molar refractivity (Wildman–Crippen MR) is 80.4 cm³/mol. The van der Waals surface area contributed by atoms with Crippen molar-refractivity contribution in [3.05, 3.63) is 29.3 Å². The molecule has 6 heteroatoms. The second-order valence-electron chi connectivity index (χ2n) is 5.81. The van der Waals surface area contributed by atoms with E-state index in [-0.39, 0.29) is 18.4 Å². The Balaban J connectivity index is 1.94. The van der Waals surface area contributed by atoms with Gasteiger partial charge in [0.1, 0.15) is 0 Å². The van der Waals surface area contributed by atoms with E-state index in [0.29, 0.717) is 17.6 Å². The van der Waals surface area contributed by atoms with Gasteiger partial charge in [0.15, 0.2) is 0 Å². The number of rotatable bonds is 2. The van der Waals surface area contributed by atoms with Crippen molar-refractivity contribution in [1.82, 2.24) is 9.88 Å². The summed E-state index contributed by atoms with van der Waals surface area (Å²) in [5.74, 6) is -1.06. The summed E-state index contributed by atoms with van der Waals surface area (Å²) >= 11 is 1.49. The molecule has 2 heterocycles. The molecule has 1 amide bonds. The van der Waals surface area contributed by atoms with Gasteiger partial charge < -0.3 is 10.0 Å². The number of fused-ring (bicyclic) bond motifs is 1. The average Bonchev–Trinajstić information content (AvgIpc) is 3.03. The number of carboxylic acid groups (broad SMARTS) is 1. The highest BCUT2D eigenvalue weighted by atomic mass is 32.1. The third kappa shape index (κ3) is 2.10. The molecular weight excluding hydrogens is 288 g/mol. The van der Waals surface area contributed by atoms with Crippen LogP contribution in [0.1, 0.15) is 24.2 Å². The highest BCUT2D eigenvalue weighted by Crippen LogP contribution is 2.37. The number of aromatic nitrogens is 1. The number of thiazole rings is 1. The van der Waals surface area contributed by atoms with Crippen LogP contribution >= 0.6 is 11.3 Å². The molecule has 110 valence electrons. The minimum absolute atomic E-state index is 0.0754. The van der Waals surface area contributed by atoms with Crippen molar-refractivity contribution in [2.45, 2.75) is 13.8 Å². The SMILES string of the molecule is C[C@@H]1CN(C(=O)c2cccc3scnc23)C[C@@]1(C)C(=O)O. The van der Waals surface area contributed by atoms with Crippen molar-refractivity contribution in [3.8, 4) is 0 Å². The first kappa shape index (κ1) is 14.0. The van der Waals surface area contributed by atoms with Crippen LogP contribution in [-0.2, 0) is 4.79 Å². The van der Waals surface area contributed by atoms with E-state index in [2.05, 4.69) is 4.98 Å². The fourth-order valence-corrected chi connectivity index (χ4v) is 3.51. The zero-order chi connectivity index (χ0) is 15.2. The molecule has 1 fully saturated rings. The van der Waals surface area contributed by atoms with Gasteiger partial charge in [-0.1, -0.05) is 13.0 Å². The third-order valence-electron chi connectivity index (χ3n) is 4.47. The van der Waals surface area contributed by atoms with Gasteiger partial charge in [0, 0.05) is 13.1 Å². The molecule has 0 aliphatic carbocycles. The lowest BCUT2D eigenvalue weighted by molar-refractivity contribution is -0.148. The Hall–Kier alpha value is -1.95. The zero-order valence-corrected chi connectivity index (χ0v) is 12.7. The van der Waals surface area contributed by atoms with Gasteiger partial charge in [-0.15, -0.1) is 11.3 Å². The summed E-state index contributed by atoms with van der Waals surface area (Å²) in [5.41, 5.74) is 2.08. The molecule has 2 aromatic rings. The minimum atomic E-state index is -0.883. The largest absolute Gasteiger partial charge is 0.481 e. The summed E-state index contributed by atoms with van der Waals surface area (Å²) in [4.78, 5) is 30.1. The number of amides is 1. The molecule has 1 aromatic carbocycles. The molecule has 0 bridgehead atoms. The maximum absolute atomic E-state index is 12.7. The Morgan fingerprint density at radius 3 is 2.90 bits per heavy atom. The molecule has 1 aromatic heterocycles. The molecule has 1 aliphatic rings. The summed E-state index contributed by atoms with van der Waals surface area (Å²) in [7, 11) is 0. The number of hydrogen-bond donors (Lipinski definition) is 1. The number of nitrogens with zero attached hydrogens (tertiary/aromatic N) is 2. The zero-order valence-electron chi connectivity index (χ0n) is 11.9. The number of aliphatic carboxylic acids is 1. The molecule has 0 unspecified atom stereocenters. The Morgan fingerprint density at radius 2 is 2.24 bits per heavy atom. The first-order valence-corrected chi connectivity index (χ1v) is 7.66. The monoisotopic (exact) mass is 304 g/mol. The van der Waals surface area contributed by atoms with Crippen LogP contribution in [0.4, 0.5) is 0 Å². The van der Waals surface area contributed by atoms with Gasteiger partial charge in [0.05, 0.1) is 26.7 Å². The lowest BCUT2D eigenvalue weighted by Gasteiger charge is -2.22. The summed E-state index contributed by atoms with van der Waals surface area (Å²) < 4.78 is 0.967. The van der Waals surface area contributed by atoms with Gasteiger partial charge in [-0.05, 0) is 25.0 Å². The van der Waals surface area contributed by atoms with Gasteiger partial charge in [-0.3, -0.25) is 9.59 Å². The van der Waals surface area contributed by atoms with Crippen LogP contribution in [0, 0.1) is 11.3 Å². The van der Waals surface area contributed by atoms with Crippen molar-refractivity contribution in [1.29, 1.82) is 0 Å². The Morgan fingerprint density at radius 1 is 1.48 bits per heavy atom. The topological polar surface area (TPSA) is 70.5 Å². The van der Waals surface area contributed by atoms with Crippen LogP contribution in [0.5, 0.6) is 0 Å². The molecule has 0 spiro atoms. The van der Waals surface area contributed by atoms with Crippen molar-refractivity contribution in [2.75, 3.05) is 13.1 Å². The van der Waals surface area contributed by atoms with E-state index < -0.39 is 11.4 Å². The highest BCUT2D eigenvalue weighted by Gasteiger charge is 2.48. The van der Waals surface area contributed by atoms with Crippen LogP contribution in [0.2, 0.25) is 0 Å². The molecule has 1 N–H and O–H groups in total. The van der Waals surface area contributed by atoms with Gasteiger partial charge in [0.2, 0.25) is 0 Å². The van der Waals surface area contributed by atoms with Crippen molar-refractivity contribution in [3.63, 3.8) is 0 Å². The summed E-state index contributed by atoms with van der Waals surface area (Å²) in [5, 5.41) is 9.40. The summed E-state index contributed by atoms with van der Waals surface area (Å²) in [6.45, 7) is 4.28. The second kappa shape index (κ2) is 4.80. The van der Waals surface area contributed by atoms with E-state index in [1.54, 1.807) is 23.4 Å². The fourth-order valence-electron chi connectivity index (χ4n) is 2.81. The number of para-hydroxylation sites is 1. The van der Waals surface area contributed by atoms with Gasteiger partial charge in [-0.2, -0.15) is 0 Å². The number of benzene rings is 1. The van der Waals surface area contributed by atoms with Crippen LogP contribution in [-0.4, -0.2) is 40.0 Å². The van der Waals surface area contributed by atoms with E-state index >= 15 is 0 Å². The lowest BCUT2D eigenvalue weighted by atomic mass is 9.81. The van der Waals surface area contributed by atoms with E-state index in [1.165, 1.54) is 11.3 Å². The predicted octanol–water partition coefficient (Wildman–Crippen LogP) is 2.48. The van der Waals surface area contributed by atoms with E-state index in [1.807, 2.05) is 19.1 Å². The Labute approximate surface area is 126 Å². The van der Waals surface area contributed by atoms with Gasteiger partial charge in [0.25, 0.3) is 5.91 Å². The number of carbonyl (C=O) groups is 2. The van der Waals surface area contributed by atoms with Crippen LogP contribution < -0.4 is 0 Å². The number of carboxylic acids is 1. The lowest BCUT2D eigenvalue weighted by Crippen LogP contribution is -2.36. The number of carbonyl (C=O) groups excluding carboxylic acids is 1. The van der Waals surface area contributed by atoms with Crippen molar-refractivity contribution in [2.24, 2.45) is 11.3 Å². The Kier molecular flexibility index (Phi) is 3.20. The highest BCUT2D eigenvalue weighted by molar-refractivity contribution is 7.16. The van der Waals surface area contributed by atoms with Crippen molar-refractivity contribution >= 4 is 33.4 Å². The average molecular weight is 304 g/mol. The minimum Gasteiger partial charge on any atom is -0.481 e. The quantitative estimate of drug-likeness (QED) is 0.925. The molecule has 1 saturated heterocycles. The van der Waals surface area contributed by atoms with Gasteiger partial charge >= 0.3 is 5.97 Å². The van der Waals surface area contributed by atoms with Crippen LogP contribution in [0.15, 0.2) is 23.7 Å². The smallest absolute Gasteiger partial charge is 0.311 e.